The van der Waals surface area contributed by atoms with Crippen LogP contribution in [0.5, 0.6) is 0 Å². The molecule has 1 aliphatic heterocycles. The van der Waals surface area contributed by atoms with Crippen molar-refractivity contribution in [1.82, 2.24) is 14.9 Å². The number of β-amino-alcohol motifs (C(OH)–C–C–N with tert-alkyl or cyclic N) is 1. The predicted octanol–water partition coefficient (Wildman–Crippen LogP) is 3.32. The first kappa shape index (κ1) is 17.9. The van der Waals surface area contributed by atoms with E-state index in [4.69, 9.17) is 11.6 Å². The van der Waals surface area contributed by atoms with E-state index < -0.39 is 0 Å². The molecule has 0 radical (unpaired) electrons. The number of hydrogen-bond donors (Lipinski definition) is 2. The van der Waals surface area contributed by atoms with Gasteiger partial charge in [-0.05, 0) is 18.1 Å². The molecule has 138 valence electrons. The number of benzene rings is 2. The second kappa shape index (κ2) is 7.64. The van der Waals surface area contributed by atoms with Gasteiger partial charge >= 0.3 is 0 Å². The molecule has 0 saturated carbocycles. The van der Waals surface area contributed by atoms with E-state index >= 15 is 0 Å². The molecule has 5 nitrogen and oxygen atoms in total. The second-order valence-electron chi connectivity index (χ2n) is 6.83. The Kier molecular flexibility index (Phi) is 5.07. The minimum Gasteiger partial charge on any atom is -0.392 e. The molecule has 3 aromatic rings. The zero-order valence-corrected chi connectivity index (χ0v) is 15.5. The van der Waals surface area contributed by atoms with Crippen LogP contribution in [0.2, 0.25) is 5.02 Å². The third kappa shape index (κ3) is 4.11. The number of likely N-dealkylation sites (tertiary alicyclic amines) is 1. The maximum Gasteiger partial charge on any atom is 0.251 e. The van der Waals surface area contributed by atoms with E-state index in [1.807, 2.05) is 42.5 Å². The van der Waals surface area contributed by atoms with Crippen LogP contribution < -0.4 is 5.56 Å². The number of aliphatic hydroxyl groups excluding tert-OH is 1. The van der Waals surface area contributed by atoms with E-state index in [-0.39, 0.29) is 11.7 Å². The molecule has 1 aliphatic rings. The van der Waals surface area contributed by atoms with Crippen LogP contribution in [-0.2, 0) is 6.54 Å². The monoisotopic (exact) mass is 381 g/mol. The average molecular weight is 382 g/mol. The lowest BCUT2D eigenvalue weighted by molar-refractivity contribution is 0.175. The largest absolute Gasteiger partial charge is 0.392 e. The van der Waals surface area contributed by atoms with Crippen LogP contribution in [0.15, 0.2) is 59.4 Å². The van der Waals surface area contributed by atoms with Crippen molar-refractivity contribution in [1.29, 1.82) is 0 Å². The number of aliphatic hydroxyl groups is 1. The van der Waals surface area contributed by atoms with Crippen LogP contribution in [-0.4, -0.2) is 39.2 Å². The summed E-state index contributed by atoms with van der Waals surface area (Å²) in [5.74, 6) is 0.514. The highest BCUT2D eigenvalue weighted by Crippen LogP contribution is 2.26. The van der Waals surface area contributed by atoms with Crippen LogP contribution in [0.3, 0.4) is 0 Å². The lowest BCUT2D eigenvalue weighted by Crippen LogP contribution is -2.21. The van der Waals surface area contributed by atoms with Gasteiger partial charge in [-0.3, -0.25) is 9.69 Å². The van der Waals surface area contributed by atoms with Crippen molar-refractivity contribution in [2.45, 2.75) is 19.1 Å². The van der Waals surface area contributed by atoms with Gasteiger partial charge in [0.15, 0.2) is 0 Å². The van der Waals surface area contributed by atoms with E-state index in [0.717, 1.165) is 42.7 Å². The van der Waals surface area contributed by atoms with E-state index in [9.17, 15) is 9.90 Å². The highest BCUT2D eigenvalue weighted by molar-refractivity contribution is 6.33. The fourth-order valence-corrected chi connectivity index (χ4v) is 3.62. The summed E-state index contributed by atoms with van der Waals surface area (Å²) >= 11 is 6.25. The number of hydrogen-bond acceptors (Lipinski definition) is 4. The van der Waals surface area contributed by atoms with Gasteiger partial charge in [-0.1, -0.05) is 54.1 Å². The van der Waals surface area contributed by atoms with Crippen molar-refractivity contribution >= 4 is 11.6 Å². The van der Waals surface area contributed by atoms with Crippen molar-refractivity contribution in [3.05, 3.63) is 75.5 Å². The Morgan fingerprint density at radius 1 is 1.19 bits per heavy atom. The quantitative estimate of drug-likeness (QED) is 0.727. The minimum absolute atomic E-state index is 0.217. The van der Waals surface area contributed by atoms with Crippen LogP contribution in [0, 0.1) is 0 Å². The van der Waals surface area contributed by atoms with Crippen LogP contribution >= 0.6 is 11.6 Å². The summed E-state index contributed by atoms with van der Waals surface area (Å²) in [6.07, 6.45) is 0.615. The van der Waals surface area contributed by atoms with Gasteiger partial charge in [0.2, 0.25) is 0 Å². The Morgan fingerprint density at radius 2 is 1.96 bits per heavy atom. The number of H-pyrrole nitrogens is 1. The summed E-state index contributed by atoms with van der Waals surface area (Å²) < 4.78 is 0. The Balaban J connectivity index is 1.60. The number of nitrogens with zero attached hydrogens (tertiary/aromatic N) is 2. The van der Waals surface area contributed by atoms with E-state index in [2.05, 4.69) is 14.9 Å². The molecule has 0 aliphatic carbocycles. The summed E-state index contributed by atoms with van der Waals surface area (Å²) in [6.45, 7) is 2.44. The molecular formula is C21H20ClN3O2. The lowest BCUT2D eigenvalue weighted by atomic mass is 10.1. The molecule has 0 bridgehead atoms. The predicted molar refractivity (Wildman–Crippen MR) is 107 cm³/mol. The van der Waals surface area contributed by atoms with Gasteiger partial charge in [-0.15, -0.1) is 0 Å². The maximum absolute atomic E-state index is 12.1. The van der Waals surface area contributed by atoms with E-state index in [1.54, 1.807) is 6.07 Å². The topological polar surface area (TPSA) is 69.2 Å². The van der Waals surface area contributed by atoms with Crippen LogP contribution in [0.25, 0.3) is 22.6 Å². The molecule has 27 heavy (non-hydrogen) atoms. The standard InChI is InChI=1S/C21H20ClN3O2/c22-18-4-2-1-3-17(18)19-11-20(27)24-21(23-19)15-7-5-14(6-8-15)12-25-10-9-16(26)13-25/h1-8,11,16,26H,9-10,12-13H2,(H,23,24,27)/t16-/m1/s1. The Bertz CT molecular complexity index is 1000. The van der Waals surface area contributed by atoms with Gasteiger partial charge in [0.25, 0.3) is 5.56 Å². The molecule has 0 unspecified atom stereocenters. The third-order valence-electron chi connectivity index (χ3n) is 4.77. The van der Waals surface area contributed by atoms with Crippen molar-refractivity contribution in [3.8, 4) is 22.6 Å². The smallest absolute Gasteiger partial charge is 0.251 e. The Labute approximate surface area is 162 Å². The summed E-state index contributed by atoms with van der Waals surface area (Å²) in [5, 5.41) is 10.2. The summed E-state index contributed by atoms with van der Waals surface area (Å²) in [4.78, 5) is 21.8. The third-order valence-corrected chi connectivity index (χ3v) is 5.10. The zero-order chi connectivity index (χ0) is 18.8. The summed E-state index contributed by atoms with van der Waals surface area (Å²) in [7, 11) is 0. The van der Waals surface area contributed by atoms with Gasteiger partial charge in [0, 0.05) is 41.9 Å². The molecule has 6 heteroatoms. The molecule has 0 amide bonds. The molecule has 1 fully saturated rings. The molecule has 2 heterocycles. The average Bonchev–Trinajstić information content (AvgIpc) is 3.07. The van der Waals surface area contributed by atoms with E-state index in [1.165, 1.54) is 6.07 Å². The molecule has 1 atom stereocenters. The van der Waals surface area contributed by atoms with Crippen molar-refractivity contribution < 1.29 is 5.11 Å². The first-order valence-electron chi connectivity index (χ1n) is 8.94. The first-order chi connectivity index (χ1) is 13.1. The SMILES string of the molecule is O=c1cc(-c2ccccc2Cl)nc(-c2ccc(CN3CC[C@@H](O)C3)cc2)[nH]1. The highest BCUT2D eigenvalue weighted by atomic mass is 35.5. The minimum atomic E-state index is -0.218. The van der Waals surface area contributed by atoms with Gasteiger partial charge in [-0.2, -0.15) is 0 Å². The first-order valence-corrected chi connectivity index (χ1v) is 9.32. The molecule has 2 N–H and O–H groups in total. The maximum atomic E-state index is 12.1. The molecule has 0 spiro atoms. The lowest BCUT2D eigenvalue weighted by Gasteiger charge is -2.15. The Hall–Kier alpha value is -2.47. The molecule has 4 rings (SSSR count). The van der Waals surface area contributed by atoms with E-state index in [0.29, 0.717) is 16.5 Å². The van der Waals surface area contributed by atoms with Gasteiger partial charge in [-0.25, -0.2) is 4.98 Å². The molecule has 1 aromatic heterocycles. The van der Waals surface area contributed by atoms with Crippen molar-refractivity contribution in [2.75, 3.05) is 13.1 Å². The van der Waals surface area contributed by atoms with Gasteiger partial charge < -0.3 is 10.1 Å². The molecular weight excluding hydrogens is 362 g/mol. The van der Waals surface area contributed by atoms with Gasteiger partial charge in [0.1, 0.15) is 5.82 Å². The Morgan fingerprint density at radius 3 is 2.67 bits per heavy atom. The number of halogens is 1. The normalized spacial score (nSPS) is 17.3. The van der Waals surface area contributed by atoms with Crippen LogP contribution in [0.1, 0.15) is 12.0 Å². The van der Waals surface area contributed by atoms with Crippen molar-refractivity contribution in [2.24, 2.45) is 0 Å². The fraction of sp³-hybridized carbons (Fsp3) is 0.238. The zero-order valence-electron chi connectivity index (χ0n) is 14.7. The van der Waals surface area contributed by atoms with Crippen molar-refractivity contribution in [3.63, 3.8) is 0 Å². The molecule has 2 aromatic carbocycles. The number of aromatic amines is 1. The number of rotatable bonds is 4. The number of aromatic nitrogens is 2. The fourth-order valence-electron chi connectivity index (χ4n) is 3.38. The van der Waals surface area contributed by atoms with Crippen LogP contribution in [0.4, 0.5) is 0 Å². The highest BCUT2D eigenvalue weighted by Gasteiger charge is 2.19. The summed E-state index contributed by atoms with van der Waals surface area (Å²) in [5.41, 5.74) is 3.07. The summed E-state index contributed by atoms with van der Waals surface area (Å²) in [6, 6.07) is 16.8. The number of nitrogens with one attached hydrogen (secondary N) is 1. The molecule has 1 saturated heterocycles. The van der Waals surface area contributed by atoms with Gasteiger partial charge in [0.05, 0.1) is 11.8 Å². The second-order valence-corrected chi connectivity index (χ2v) is 7.24.